The maximum absolute atomic E-state index is 4.68. The molecular weight excluding hydrogens is 228 g/mol. The monoisotopic (exact) mass is 246 g/mol. The van der Waals surface area contributed by atoms with Crippen LogP contribution in [0.1, 0.15) is 24.9 Å². The highest BCUT2D eigenvalue weighted by atomic mass is 32.2. The first-order chi connectivity index (χ1) is 8.33. The molecule has 3 heteroatoms. The van der Waals surface area contributed by atoms with Gasteiger partial charge in [0.2, 0.25) is 0 Å². The molecular formula is C14H18N2S. The van der Waals surface area contributed by atoms with Crippen LogP contribution < -0.4 is 5.32 Å². The Bertz CT molecular complexity index is 415. The van der Waals surface area contributed by atoms with Gasteiger partial charge in [0.25, 0.3) is 0 Å². The molecule has 1 N–H and O–H groups in total. The van der Waals surface area contributed by atoms with Crippen molar-refractivity contribution < 1.29 is 0 Å². The molecule has 1 heterocycles. The van der Waals surface area contributed by atoms with Crippen LogP contribution in [0, 0.1) is 11.8 Å². The van der Waals surface area contributed by atoms with Crippen LogP contribution >= 0.6 is 11.8 Å². The van der Waals surface area contributed by atoms with Crippen molar-refractivity contribution in [1.29, 1.82) is 0 Å². The van der Waals surface area contributed by atoms with Gasteiger partial charge in [-0.05, 0) is 23.8 Å². The van der Waals surface area contributed by atoms with E-state index in [2.05, 4.69) is 47.6 Å². The maximum Gasteiger partial charge on any atom is 0.157 e. The first kappa shape index (κ1) is 11.1. The number of thioether (sulfide) groups is 1. The summed E-state index contributed by atoms with van der Waals surface area (Å²) in [5.41, 5.74) is 1.37. The summed E-state index contributed by atoms with van der Waals surface area (Å²) < 4.78 is 0. The van der Waals surface area contributed by atoms with E-state index in [1.54, 1.807) is 0 Å². The summed E-state index contributed by atoms with van der Waals surface area (Å²) in [6.07, 6.45) is 1.36. The Morgan fingerprint density at radius 1 is 1.35 bits per heavy atom. The van der Waals surface area contributed by atoms with Crippen LogP contribution in [0.4, 0.5) is 0 Å². The predicted octanol–water partition coefficient (Wildman–Crippen LogP) is 3.08. The summed E-state index contributed by atoms with van der Waals surface area (Å²) in [5.74, 6) is 2.85. The zero-order valence-corrected chi connectivity index (χ0v) is 10.9. The summed E-state index contributed by atoms with van der Waals surface area (Å²) in [4.78, 5) is 4.68. The van der Waals surface area contributed by atoms with E-state index in [1.807, 2.05) is 11.8 Å². The molecule has 0 spiro atoms. The number of nitrogens with zero attached hydrogens (tertiary/aromatic N) is 1. The lowest BCUT2D eigenvalue weighted by Gasteiger charge is -2.09. The largest absolute Gasteiger partial charge is 0.357 e. The molecule has 2 fully saturated rings. The minimum absolute atomic E-state index is 0.441. The molecule has 0 radical (unpaired) electrons. The quantitative estimate of drug-likeness (QED) is 0.886. The Balaban J connectivity index is 1.58. The average molecular weight is 246 g/mol. The molecule has 0 amide bonds. The van der Waals surface area contributed by atoms with Gasteiger partial charge in [-0.3, -0.25) is 4.99 Å². The van der Waals surface area contributed by atoms with Crippen molar-refractivity contribution in [2.75, 3.05) is 12.3 Å². The molecule has 1 aliphatic heterocycles. The Morgan fingerprint density at radius 3 is 2.82 bits per heavy atom. The molecule has 90 valence electrons. The lowest BCUT2D eigenvalue weighted by molar-refractivity contribution is 0.732. The fourth-order valence-corrected chi connectivity index (χ4v) is 3.20. The van der Waals surface area contributed by atoms with E-state index in [4.69, 9.17) is 0 Å². The smallest absolute Gasteiger partial charge is 0.157 e. The average Bonchev–Trinajstić information content (AvgIpc) is 2.90. The molecule has 0 bridgehead atoms. The Kier molecular flexibility index (Phi) is 3.10. The number of benzene rings is 1. The maximum atomic E-state index is 4.68. The first-order valence-corrected chi connectivity index (χ1v) is 7.30. The summed E-state index contributed by atoms with van der Waals surface area (Å²) in [7, 11) is 0. The van der Waals surface area contributed by atoms with Crippen molar-refractivity contribution in [2.24, 2.45) is 16.8 Å². The molecule has 17 heavy (non-hydrogen) atoms. The second kappa shape index (κ2) is 4.73. The fraction of sp³-hybridized carbons (Fsp3) is 0.500. The molecule has 1 aliphatic carbocycles. The van der Waals surface area contributed by atoms with Crippen molar-refractivity contribution in [1.82, 2.24) is 5.32 Å². The normalized spacial score (nSPS) is 33.7. The Labute approximate surface area is 107 Å². The summed E-state index contributed by atoms with van der Waals surface area (Å²) in [6.45, 7) is 3.32. The van der Waals surface area contributed by atoms with E-state index in [-0.39, 0.29) is 0 Å². The van der Waals surface area contributed by atoms with E-state index in [0.29, 0.717) is 6.04 Å². The molecule has 1 aromatic rings. The van der Waals surface area contributed by atoms with E-state index < -0.39 is 0 Å². The highest BCUT2D eigenvalue weighted by molar-refractivity contribution is 8.14. The summed E-state index contributed by atoms with van der Waals surface area (Å²) in [6, 6.07) is 11.1. The van der Waals surface area contributed by atoms with E-state index >= 15 is 0 Å². The Morgan fingerprint density at radius 2 is 2.12 bits per heavy atom. The van der Waals surface area contributed by atoms with Gasteiger partial charge in [0.05, 0.1) is 6.04 Å². The van der Waals surface area contributed by atoms with Crippen LogP contribution in [-0.4, -0.2) is 17.5 Å². The zero-order valence-electron chi connectivity index (χ0n) is 10.1. The van der Waals surface area contributed by atoms with E-state index in [9.17, 15) is 0 Å². The number of hydrogen-bond acceptors (Lipinski definition) is 2. The second-order valence-corrected chi connectivity index (χ2v) is 6.05. The van der Waals surface area contributed by atoms with Crippen LogP contribution in [0.5, 0.6) is 0 Å². The van der Waals surface area contributed by atoms with Gasteiger partial charge in [0.15, 0.2) is 5.17 Å². The molecule has 2 nitrogen and oxygen atoms in total. The van der Waals surface area contributed by atoms with Crippen molar-refractivity contribution in [2.45, 2.75) is 19.4 Å². The molecule has 1 saturated carbocycles. The van der Waals surface area contributed by atoms with Gasteiger partial charge in [-0.1, -0.05) is 49.0 Å². The third kappa shape index (κ3) is 2.65. The van der Waals surface area contributed by atoms with E-state index in [1.165, 1.54) is 12.0 Å². The van der Waals surface area contributed by atoms with Gasteiger partial charge in [0, 0.05) is 12.3 Å². The standard InChI is InChI=1S/C14H18N2S/c1-10-7-12(10)8-15-14-16-13(9-17-14)11-5-3-2-4-6-11/h2-6,10,12-13H,7-9H2,1H3,(H,15,16). The molecule has 1 saturated heterocycles. The number of hydrogen-bond donors (Lipinski definition) is 1. The molecule has 3 unspecified atom stereocenters. The second-order valence-electron chi connectivity index (χ2n) is 5.04. The number of aliphatic imine (C=N–C) groups is 1. The third-order valence-electron chi connectivity index (χ3n) is 3.63. The van der Waals surface area contributed by atoms with Gasteiger partial charge in [-0.2, -0.15) is 0 Å². The molecule has 3 rings (SSSR count). The van der Waals surface area contributed by atoms with Crippen molar-refractivity contribution in [3.8, 4) is 0 Å². The van der Waals surface area contributed by atoms with Crippen molar-refractivity contribution in [3.63, 3.8) is 0 Å². The topological polar surface area (TPSA) is 24.4 Å². The molecule has 3 atom stereocenters. The van der Waals surface area contributed by atoms with Gasteiger partial charge >= 0.3 is 0 Å². The highest BCUT2D eigenvalue weighted by Crippen LogP contribution is 2.38. The van der Waals surface area contributed by atoms with E-state index in [0.717, 1.165) is 29.3 Å². The Hall–Kier alpha value is -0.960. The van der Waals surface area contributed by atoms with Gasteiger partial charge in [0.1, 0.15) is 0 Å². The molecule has 0 aromatic heterocycles. The minimum Gasteiger partial charge on any atom is -0.357 e. The van der Waals surface area contributed by atoms with Crippen molar-refractivity contribution >= 4 is 16.9 Å². The number of amidine groups is 1. The lowest BCUT2D eigenvalue weighted by Crippen LogP contribution is -2.19. The SMILES string of the molecule is CC1CC1CN=C1NC(c2ccccc2)CS1. The molecule has 2 aliphatic rings. The molecule has 1 aromatic carbocycles. The number of nitrogens with one attached hydrogen (secondary N) is 1. The number of rotatable bonds is 3. The van der Waals surface area contributed by atoms with Gasteiger partial charge < -0.3 is 5.32 Å². The van der Waals surface area contributed by atoms with Gasteiger partial charge in [-0.15, -0.1) is 0 Å². The summed E-state index contributed by atoms with van der Waals surface area (Å²) in [5, 5.41) is 4.66. The highest BCUT2D eigenvalue weighted by Gasteiger charge is 2.32. The van der Waals surface area contributed by atoms with Crippen LogP contribution in [0.3, 0.4) is 0 Å². The first-order valence-electron chi connectivity index (χ1n) is 6.31. The fourth-order valence-electron chi connectivity index (χ4n) is 2.20. The predicted molar refractivity (Wildman–Crippen MR) is 74.3 cm³/mol. The van der Waals surface area contributed by atoms with Crippen LogP contribution in [0.15, 0.2) is 35.3 Å². The van der Waals surface area contributed by atoms with Crippen LogP contribution in [-0.2, 0) is 0 Å². The van der Waals surface area contributed by atoms with Crippen LogP contribution in [0.25, 0.3) is 0 Å². The summed E-state index contributed by atoms with van der Waals surface area (Å²) >= 11 is 1.86. The van der Waals surface area contributed by atoms with Gasteiger partial charge in [-0.25, -0.2) is 0 Å². The minimum atomic E-state index is 0.441. The third-order valence-corrected chi connectivity index (χ3v) is 4.65. The zero-order chi connectivity index (χ0) is 11.7. The lowest BCUT2D eigenvalue weighted by atomic mass is 10.1. The van der Waals surface area contributed by atoms with Crippen molar-refractivity contribution in [3.05, 3.63) is 35.9 Å². The van der Waals surface area contributed by atoms with Crippen LogP contribution in [0.2, 0.25) is 0 Å².